The SMILES string of the molecule is CC(C)Cc1cc(-c2ccccn2)on1. The number of aromatic nitrogens is 2. The van der Waals surface area contributed by atoms with Gasteiger partial charge in [0.25, 0.3) is 0 Å². The van der Waals surface area contributed by atoms with Gasteiger partial charge in [-0.25, -0.2) is 0 Å². The van der Waals surface area contributed by atoms with E-state index >= 15 is 0 Å². The van der Waals surface area contributed by atoms with Gasteiger partial charge in [-0.15, -0.1) is 0 Å². The average Bonchev–Trinajstić information content (AvgIpc) is 2.67. The number of rotatable bonds is 3. The smallest absolute Gasteiger partial charge is 0.185 e. The Kier molecular flexibility index (Phi) is 2.81. The second kappa shape index (κ2) is 4.26. The molecule has 0 atom stereocenters. The summed E-state index contributed by atoms with van der Waals surface area (Å²) in [6, 6.07) is 7.70. The first-order valence-electron chi connectivity index (χ1n) is 5.12. The zero-order chi connectivity index (χ0) is 10.7. The fourth-order valence-corrected chi connectivity index (χ4v) is 1.46. The standard InChI is InChI=1S/C12H14N2O/c1-9(2)7-10-8-12(15-14-10)11-5-3-4-6-13-11/h3-6,8-9H,7H2,1-2H3. The lowest BCUT2D eigenvalue weighted by Gasteiger charge is -1.96. The molecule has 0 fully saturated rings. The average molecular weight is 202 g/mol. The van der Waals surface area contributed by atoms with E-state index < -0.39 is 0 Å². The Morgan fingerprint density at radius 1 is 1.33 bits per heavy atom. The normalized spacial score (nSPS) is 10.9. The molecule has 0 spiro atoms. The second-order valence-electron chi connectivity index (χ2n) is 4.00. The van der Waals surface area contributed by atoms with Crippen molar-refractivity contribution < 1.29 is 4.52 Å². The molecule has 0 amide bonds. The molecule has 0 unspecified atom stereocenters. The highest BCUT2D eigenvalue weighted by molar-refractivity contribution is 5.51. The van der Waals surface area contributed by atoms with Crippen LogP contribution in [0.5, 0.6) is 0 Å². The third-order valence-corrected chi connectivity index (χ3v) is 2.09. The van der Waals surface area contributed by atoms with Crippen LogP contribution in [0.2, 0.25) is 0 Å². The van der Waals surface area contributed by atoms with Crippen LogP contribution in [0.1, 0.15) is 19.5 Å². The molecule has 3 nitrogen and oxygen atoms in total. The molecule has 78 valence electrons. The van der Waals surface area contributed by atoms with Crippen LogP contribution in [0, 0.1) is 5.92 Å². The maximum atomic E-state index is 5.24. The molecular formula is C12H14N2O. The van der Waals surface area contributed by atoms with Gasteiger partial charge in [0.05, 0.1) is 5.69 Å². The van der Waals surface area contributed by atoms with E-state index in [0.717, 1.165) is 23.6 Å². The van der Waals surface area contributed by atoms with Crippen LogP contribution in [0.25, 0.3) is 11.5 Å². The van der Waals surface area contributed by atoms with E-state index in [1.54, 1.807) is 6.20 Å². The second-order valence-corrected chi connectivity index (χ2v) is 4.00. The van der Waals surface area contributed by atoms with Crippen LogP contribution in [-0.4, -0.2) is 10.1 Å². The van der Waals surface area contributed by atoms with Gasteiger partial charge in [0, 0.05) is 12.3 Å². The minimum Gasteiger partial charge on any atom is -0.354 e. The van der Waals surface area contributed by atoms with Crippen LogP contribution in [0.15, 0.2) is 35.0 Å². The molecule has 2 heterocycles. The topological polar surface area (TPSA) is 38.9 Å². The van der Waals surface area contributed by atoms with Crippen molar-refractivity contribution in [2.75, 3.05) is 0 Å². The minimum absolute atomic E-state index is 0.590. The zero-order valence-electron chi connectivity index (χ0n) is 8.97. The molecule has 0 saturated carbocycles. The van der Waals surface area contributed by atoms with Gasteiger partial charge >= 0.3 is 0 Å². The van der Waals surface area contributed by atoms with Crippen molar-refractivity contribution in [3.8, 4) is 11.5 Å². The van der Waals surface area contributed by atoms with Gasteiger partial charge in [0.1, 0.15) is 5.69 Å². The summed E-state index contributed by atoms with van der Waals surface area (Å²) >= 11 is 0. The Morgan fingerprint density at radius 3 is 2.87 bits per heavy atom. The molecular weight excluding hydrogens is 188 g/mol. The third kappa shape index (κ3) is 2.43. The van der Waals surface area contributed by atoms with Crippen molar-refractivity contribution in [1.82, 2.24) is 10.1 Å². The molecule has 0 aliphatic rings. The minimum atomic E-state index is 0.590. The first kappa shape index (κ1) is 9.90. The van der Waals surface area contributed by atoms with E-state index in [9.17, 15) is 0 Å². The lowest BCUT2D eigenvalue weighted by Crippen LogP contribution is -1.92. The lowest BCUT2D eigenvalue weighted by atomic mass is 10.1. The summed E-state index contributed by atoms with van der Waals surface area (Å²) in [7, 11) is 0. The lowest BCUT2D eigenvalue weighted by molar-refractivity contribution is 0.417. The van der Waals surface area contributed by atoms with Crippen LogP contribution < -0.4 is 0 Å². The highest BCUT2D eigenvalue weighted by atomic mass is 16.5. The van der Waals surface area contributed by atoms with Crippen molar-refractivity contribution in [3.63, 3.8) is 0 Å². The molecule has 0 aliphatic heterocycles. The Hall–Kier alpha value is -1.64. The summed E-state index contributed by atoms with van der Waals surface area (Å²) in [4.78, 5) is 4.21. The molecule has 2 aromatic heterocycles. The predicted octanol–water partition coefficient (Wildman–Crippen LogP) is 2.94. The van der Waals surface area contributed by atoms with E-state index in [0.29, 0.717) is 5.92 Å². The van der Waals surface area contributed by atoms with Gasteiger partial charge in [-0.2, -0.15) is 0 Å². The Labute approximate surface area is 89.1 Å². The Bertz CT molecular complexity index is 420. The molecule has 0 saturated heterocycles. The molecule has 0 aromatic carbocycles. The van der Waals surface area contributed by atoms with Crippen LogP contribution in [0.3, 0.4) is 0 Å². The molecule has 0 aliphatic carbocycles. The van der Waals surface area contributed by atoms with Crippen molar-refractivity contribution in [2.24, 2.45) is 5.92 Å². The summed E-state index contributed by atoms with van der Waals surface area (Å²) in [5.74, 6) is 1.33. The van der Waals surface area contributed by atoms with Crippen molar-refractivity contribution in [1.29, 1.82) is 0 Å². The monoisotopic (exact) mass is 202 g/mol. The fourth-order valence-electron chi connectivity index (χ4n) is 1.46. The summed E-state index contributed by atoms with van der Waals surface area (Å²) < 4.78 is 5.24. The predicted molar refractivity (Wildman–Crippen MR) is 58.3 cm³/mol. The first-order chi connectivity index (χ1) is 7.25. The molecule has 0 radical (unpaired) electrons. The maximum Gasteiger partial charge on any atom is 0.185 e. The summed E-state index contributed by atoms with van der Waals surface area (Å²) in [6.45, 7) is 4.32. The molecule has 2 aromatic rings. The summed E-state index contributed by atoms with van der Waals surface area (Å²) in [5, 5.41) is 4.02. The first-order valence-corrected chi connectivity index (χ1v) is 5.12. The fraction of sp³-hybridized carbons (Fsp3) is 0.333. The highest BCUT2D eigenvalue weighted by Crippen LogP contribution is 2.18. The Morgan fingerprint density at radius 2 is 2.20 bits per heavy atom. The number of hydrogen-bond donors (Lipinski definition) is 0. The van der Waals surface area contributed by atoms with Gasteiger partial charge in [0.2, 0.25) is 0 Å². The van der Waals surface area contributed by atoms with Crippen molar-refractivity contribution >= 4 is 0 Å². The van der Waals surface area contributed by atoms with E-state index in [2.05, 4.69) is 24.0 Å². The quantitative estimate of drug-likeness (QED) is 0.768. The highest BCUT2D eigenvalue weighted by Gasteiger charge is 2.08. The largest absolute Gasteiger partial charge is 0.354 e. The molecule has 3 heteroatoms. The van der Waals surface area contributed by atoms with Crippen molar-refractivity contribution in [3.05, 3.63) is 36.2 Å². The summed E-state index contributed by atoms with van der Waals surface area (Å²) in [5.41, 5.74) is 1.82. The Balaban J connectivity index is 2.21. The molecule has 0 bridgehead atoms. The van der Waals surface area contributed by atoms with Crippen LogP contribution in [0.4, 0.5) is 0 Å². The van der Waals surface area contributed by atoms with Crippen LogP contribution >= 0.6 is 0 Å². The van der Waals surface area contributed by atoms with Gasteiger partial charge in [-0.3, -0.25) is 4.98 Å². The summed E-state index contributed by atoms with van der Waals surface area (Å²) in [6.07, 6.45) is 2.69. The maximum absolute atomic E-state index is 5.24. The zero-order valence-corrected chi connectivity index (χ0v) is 8.97. The molecule has 0 N–H and O–H groups in total. The van der Waals surface area contributed by atoms with E-state index in [1.165, 1.54) is 0 Å². The molecule has 15 heavy (non-hydrogen) atoms. The van der Waals surface area contributed by atoms with Gasteiger partial charge in [-0.05, 0) is 24.5 Å². The van der Waals surface area contributed by atoms with Gasteiger partial charge < -0.3 is 4.52 Å². The van der Waals surface area contributed by atoms with Crippen molar-refractivity contribution in [2.45, 2.75) is 20.3 Å². The number of pyridine rings is 1. The van der Waals surface area contributed by atoms with Crippen LogP contribution in [-0.2, 0) is 6.42 Å². The number of hydrogen-bond acceptors (Lipinski definition) is 3. The number of nitrogens with zero attached hydrogens (tertiary/aromatic N) is 2. The van der Waals surface area contributed by atoms with Gasteiger partial charge in [0.15, 0.2) is 5.76 Å². The third-order valence-electron chi connectivity index (χ3n) is 2.09. The van der Waals surface area contributed by atoms with Gasteiger partial charge in [-0.1, -0.05) is 25.1 Å². The van der Waals surface area contributed by atoms with E-state index in [1.807, 2.05) is 24.3 Å². The molecule has 2 rings (SSSR count). The van der Waals surface area contributed by atoms with E-state index in [-0.39, 0.29) is 0 Å². The van der Waals surface area contributed by atoms with E-state index in [4.69, 9.17) is 4.52 Å².